The van der Waals surface area contributed by atoms with Crippen molar-refractivity contribution in [3.63, 3.8) is 0 Å². The van der Waals surface area contributed by atoms with Crippen LogP contribution in [-0.4, -0.2) is 23.4 Å². The Morgan fingerprint density at radius 2 is 1.23 bits per heavy atom. The summed E-state index contributed by atoms with van der Waals surface area (Å²) in [6, 6.07) is 8.86. The van der Waals surface area contributed by atoms with Crippen LogP contribution in [0.5, 0.6) is 0 Å². The van der Waals surface area contributed by atoms with E-state index in [-0.39, 0.29) is 19.1 Å². The third kappa shape index (κ3) is 8.55. The van der Waals surface area contributed by atoms with E-state index in [2.05, 4.69) is 31.2 Å². The molecule has 22 heavy (non-hydrogen) atoms. The van der Waals surface area contributed by atoms with E-state index in [0.29, 0.717) is 0 Å². The fourth-order valence-electron chi connectivity index (χ4n) is 2.77. The molecule has 0 aliphatic heterocycles. The minimum Gasteiger partial charge on any atom is -0.396 e. The Hall–Kier alpha value is -0.860. The summed E-state index contributed by atoms with van der Waals surface area (Å²) in [5.41, 5.74) is 2.73. The van der Waals surface area contributed by atoms with Gasteiger partial charge in [-0.3, -0.25) is 0 Å². The molecule has 1 aromatic rings. The van der Waals surface area contributed by atoms with E-state index >= 15 is 0 Å². The lowest BCUT2D eigenvalue weighted by molar-refractivity contribution is 0.144. The predicted octanol–water partition coefficient (Wildman–Crippen LogP) is 4.51. The van der Waals surface area contributed by atoms with Crippen molar-refractivity contribution in [1.29, 1.82) is 0 Å². The van der Waals surface area contributed by atoms with E-state index in [0.717, 1.165) is 12.8 Å². The first-order chi connectivity index (χ1) is 10.8. The Labute approximate surface area is 136 Å². The zero-order valence-electron chi connectivity index (χ0n) is 14.3. The SMILES string of the molecule is CCCCCCCCCc1ccc(CCC(CO)CO)cc1. The van der Waals surface area contributed by atoms with Crippen molar-refractivity contribution in [2.75, 3.05) is 13.2 Å². The molecule has 1 rings (SSSR count). The number of aliphatic hydroxyl groups is 2. The normalized spacial score (nSPS) is 11.3. The fraction of sp³-hybridized carbons (Fsp3) is 0.700. The van der Waals surface area contributed by atoms with Crippen molar-refractivity contribution in [1.82, 2.24) is 0 Å². The van der Waals surface area contributed by atoms with Crippen molar-refractivity contribution in [3.05, 3.63) is 35.4 Å². The quantitative estimate of drug-likeness (QED) is 0.526. The number of rotatable bonds is 13. The Balaban J connectivity index is 2.16. The summed E-state index contributed by atoms with van der Waals surface area (Å²) in [6.45, 7) is 2.41. The van der Waals surface area contributed by atoms with Crippen LogP contribution in [0.25, 0.3) is 0 Å². The van der Waals surface area contributed by atoms with Gasteiger partial charge in [-0.05, 0) is 36.8 Å². The average molecular weight is 306 g/mol. The topological polar surface area (TPSA) is 40.5 Å². The first-order valence-corrected chi connectivity index (χ1v) is 9.09. The molecule has 2 heteroatoms. The summed E-state index contributed by atoms with van der Waals surface area (Å²) in [6.07, 6.45) is 12.5. The van der Waals surface area contributed by atoms with Crippen LogP contribution in [0.2, 0.25) is 0 Å². The summed E-state index contributed by atoms with van der Waals surface area (Å²) in [5, 5.41) is 18.2. The van der Waals surface area contributed by atoms with Gasteiger partial charge in [0.05, 0.1) is 0 Å². The minimum atomic E-state index is 0.0207. The van der Waals surface area contributed by atoms with Crippen LogP contribution >= 0.6 is 0 Å². The second kappa shape index (κ2) is 12.7. The van der Waals surface area contributed by atoms with Crippen molar-refractivity contribution < 1.29 is 10.2 Å². The molecule has 0 bridgehead atoms. The van der Waals surface area contributed by atoms with Gasteiger partial charge in [0.1, 0.15) is 0 Å². The van der Waals surface area contributed by atoms with E-state index in [1.807, 2.05) is 0 Å². The Bertz CT molecular complexity index is 354. The lowest BCUT2D eigenvalue weighted by atomic mass is 9.99. The van der Waals surface area contributed by atoms with E-state index < -0.39 is 0 Å². The molecule has 0 aliphatic rings. The van der Waals surface area contributed by atoms with Crippen molar-refractivity contribution in [2.45, 2.75) is 71.1 Å². The fourth-order valence-corrected chi connectivity index (χ4v) is 2.77. The second-order valence-electron chi connectivity index (χ2n) is 6.46. The molecule has 0 aromatic heterocycles. The summed E-state index contributed by atoms with van der Waals surface area (Å²) >= 11 is 0. The molecule has 0 amide bonds. The molecule has 0 heterocycles. The molecule has 0 radical (unpaired) electrons. The Kier molecular flexibility index (Phi) is 11.0. The monoisotopic (exact) mass is 306 g/mol. The molecule has 2 nitrogen and oxygen atoms in total. The van der Waals surface area contributed by atoms with Gasteiger partial charge in [0.15, 0.2) is 0 Å². The number of aryl methyl sites for hydroxylation is 2. The van der Waals surface area contributed by atoms with Gasteiger partial charge in [-0.1, -0.05) is 69.7 Å². The number of hydrogen-bond donors (Lipinski definition) is 2. The van der Waals surface area contributed by atoms with Gasteiger partial charge in [-0.2, -0.15) is 0 Å². The molecule has 0 unspecified atom stereocenters. The summed E-state index contributed by atoms with van der Waals surface area (Å²) in [4.78, 5) is 0. The molecule has 1 aromatic carbocycles. The standard InChI is InChI=1S/C20H34O2/c1-2-3-4-5-6-7-8-9-18-10-12-19(13-11-18)14-15-20(16-21)17-22/h10-13,20-22H,2-9,14-17H2,1H3. The summed E-state index contributed by atoms with van der Waals surface area (Å²) in [7, 11) is 0. The molecule has 0 saturated heterocycles. The van der Waals surface area contributed by atoms with Crippen molar-refractivity contribution in [2.24, 2.45) is 5.92 Å². The minimum absolute atomic E-state index is 0.0207. The molecule has 0 spiro atoms. The highest BCUT2D eigenvalue weighted by molar-refractivity contribution is 5.22. The van der Waals surface area contributed by atoms with Crippen LogP contribution in [0.1, 0.15) is 69.4 Å². The number of benzene rings is 1. The number of hydrogen-bond acceptors (Lipinski definition) is 2. The third-order valence-corrected chi connectivity index (χ3v) is 4.45. The maximum absolute atomic E-state index is 9.08. The van der Waals surface area contributed by atoms with E-state index in [1.54, 1.807) is 0 Å². The van der Waals surface area contributed by atoms with Gasteiger partial charge in [0.2, 0.25) is 0 Å². The Morgan fingerprint density at radius 3 is 1.77 bits per heavy atom. The van der Waals surface area contributed by atoms with E-state index in [9.17, 15) is 0 Å². The van der Waals surface area contributed by atoms with Crippen LogP contribution < -0.4 is 0 Å². The second-order valence-corrected chi connectivity index (χ2v) is 6.46. The molecule has 0 atom stereocenters. The zero-order valence-corrected chi connectivity index (χ0v) is 14.3. The molecular formula is C20H34O2. The van der Waals surface area contributed by atoms with Crippen LogP contribution in [0.15, 0.2) is 24.3 Å². The van der Waals surface area contributed by atoms with Gasteiger partial charge in [0.25, 0.3) is 0 Å². The number of unbranched alkanes of at least 4 members (excludes halogenated alkanes) is 6. The highest BCUT2D eigenvalue weighted by atomic mass is 16.3. The third-order valence-electron chi connectivity index (χ3n) is 4.45. The largest absolute Gasteiger partial charge is 0.396 e. The highest BCUT2D eigenvalue weighted by Gasteiger charge is 2.05. The van der Waals surface area contributed by atoms with Crippen LogP contribution in [0, 0.1) is 5.92 Å². The highest BCUT2D eigenvalue weighted by Crippen LogP contribution is 2.14. The van der Waals surface area contributed by atoms with E-state index in [1.165, 1.54) is 62.5 Å². The maximum atomic E-state index is 9.08. The van der Waals surface area contributed by atoms with Crippen LogP contribution in [0.4, 0.5) is 0 Å². The first kappa shape index (κ1) is 19.2. The predicted molar refractivity (Wildman–Crippen MR) is 94.1 cm³/mol. The number of aliphatic hydroxyl groups excluding tert-OH is 2. The van der Waals surface area contributed by atoms with Gasteiger partial charge < -0.3 is 10.2 Å². The van der Waals surface area contributed by atoms with E-state index in [4.69, 9.17) is 10.2 Å². The van der Waals surface area contributed by atoms with Gasteiger partial charge in [-0.25, -0.2) is 0 Å². The molecule has 0 aliphatic carbocycles. The molecular weight excluding hydrogens is 272 g/mol. The molecule has 0 fully saturated rings. The average Bonchev–Trinajstić information content (AvgIpc) is 2.56. The zero-order chi connectivity index (χ0) is 16.0. The van der Waals surface area contributed by atoms with Crippen molar-refractivity contribution >= 4 is 0 Å². The van der Waals surface area contributed by atoms with Gasteiger partial charge in [-0.15, -0.1) is 0 Å². The van der Waals surface area contributed by atoms with Crippen LogP contribution in [0.3, 0.4) is 0 Å². The smallest absolute Gasteiger partial charge is 0.0481 e. The summed E-state index contributed by atoms with van der Waals surface area (Å²) < 4.78 is 0. The van der Waals surface area contributed by atoms with Crippen LogP contribution in [-0.2, 0) is 12.8 Å². The maximum Gasteiger partial charge on any atom is 0.0481 e. The van der Waals surface area contributed by atoms with Gasteiger partial charge in [0, 0.05) is 19.1 Å². The lowest BCUT2D eigenvalue weighted by Gasteiger charge is -2.10. The molecule has 126 valence electrons. The summed E-state index contributed by atoms with van der Waals surface area (Å²) in [5.74, 6) is 0.0207. The first-order valence-electron chi connectivity index (χ1n) is 9.09. The lowest BCUT2D eigenvalue weighted by Crippen LogP contribution is -2.11. The van der Waals surface area contributed by atoms with Crippen molar-refractivity contribution in [3.8, 4) is 0 Å². The molecule has 0 saturated carbocycles. The molecule has 2 N–H and O–H groups in total. The Morgan fingerprint density at radius 1 is 0.727 bits per heavy atom. The van der Waals surface area contributed by atoms with Gasteiger partial charge >= 0.3 is 0 Å².